The topological polar surface area (TPSA) is 51.8 Å². The van der Waals surface area contributed by atoms with Crippen LogP contribution >= 0.6 is 11.6 Å². The molecule has 0 bridgehead atoms. The fourth-order valence-electron chi connectivity index (χ4n) is 2.01. The second-order valence-corrected chi connectivity index (χ2v) is 5.62. The number of rotatable bonds is 4. The van der Waals surface area contributed by atoms with E-state index in [4.69, 9.17) is 17.3 Å². The number of hydrogen-bond acceptors (Lipinski definition) is 3. The summed E-state index contributed by atoms with van der Waals surface area (Å²) in [6.45, 7) is 4.24. The van der Waals surface area contributed by atoms with Crippen LogP contribution in [0, 0.1) is 11.7 Å². The zero-order valence-electron chi connectivity index (χ0n) is 11.5. The summed E-state index contributed by atoms with van der Waals surface area (Å²) in [6, 6.07) is 6.10. The minimum Gasteiger partial charge on any atom is -0.384 e. The molecule has 0 fully saturated rings. The molecule has 3 nitrogen and oxygen atoms in total. The maximum Gasteiger partial charge on any atom is 0.135 e. The van der Waals surface area contributed by atoms with Crippen LogP contribution in [-0.4, -0.2) is 9.97 Å². The van der Waals surface area contributed by atoms with Gasteiger partial charge < -0.3 is 5.73 Å². The van der Waals surface area contributed by atoms with Crippen LogP contribution in [0.5, 0.6) is 0 Å². The van der Waals surface area contributed by atoms with Crippen LogP contribution in [-0.2, 0) is 12.8 Å². The lowest BCUT2D eigenvalue weighted by Gasteiger charge is -2.08. The van der Waals surface area contributed by atoms with Crippen LogP contribution < -0.4 is 5.73 Å². The first-order chi connectivity index (χ1) is 9.44. The number of nitrogens with two attached hydrogens (primary N) is 1. The van der Waals surface area contributed by atoms with E-state index in [-0.39, 0.29) is 5.82 Å². The molecule has 106 valence electrons. The second kappa shape index (κ2) is 6.18. The molecule has 20 heavy (non-hydrogen) atoms. The van der Waals surface area contributed by atoms with Crippen molar-refractivity contribution in [3.05, 3.63) is 52.2 Å². The monoisotopic (exact) mass is 293 g/mol. The summed E-state index contributed by atoms with van der Waals surface area (Å²) >= 11 is 6.02. The van der Waals surface area contributed by atoms with E-state index in [9.17, 15) is 4.39 Å². The second-order valence-electron chi connectivity index (χ2n) is 5.21. The smallest absolute Gasteiger partial charge is 0.135 e. The Morgan fingerprint density at radius 1 is 1.25 bits per heavy atom. The van der Waals surface area contributed by atoms with E-state index < -0.39 is 0 Å². The van der Waals surface area contributed by atoms with E-state index in [0.717, 1.165) is 17.7 Å². The van der Waals surface area contributed by atoms with Gasteiger partial charge in [-0.05, 0) is 30.0 Å². The van der Waals surface area contributed by atoms with Crippen molar-refractivity contribution in [1.82, 2.24) is 9.97 Å². The molecule has 0 spiro atoms. The van der Waals surface area contributed by atoms with E-state index in [1.807, 2.05) is 0 Å². The molecule has 0 aliphatic rings. The molecule has 0 saturated carbocycles. The average Bonchev–Trinajstić information content (AvgIpc) is 2.31. The molecule has 0 aliphatic heterocycles. The fraction of sp³-hybridized carbons (Fsp3) is 0.333. The van der Waals surface area contributed by atoms with E-state index in [1.54, 1.807) is 12.1 Å². The Kier molecular flexibility index (Phi) is 4.55. The Hall–Kier alpha value is -1.68. The number of hydrogen-bond donors (Lipinski definition) is 1. The van der Waals surface area contributed by atoms with Crippen molar-refractivity contribution in [1.29, 1.82) is 0 Å². The first kappa shape index (κ1) is 14.7. The SMILES string of the molecule is CC(C)Cc1cc(N)nc(Cc2ccc(F)cc2Cl)n1. The predicted octanol–water partition coefficient (Wildman–Crippen LogP) is 3.64. The zero-order chi connectivity index (χ0) is 14.7. The van der Waals surface area contributed by atoms with Gasteiger partial charge in [0.15, 0.2) is 0 Å². The Bertz CT molecular complexity index is 614. The standard InChI is InChI=1S/C15H17ClFN3/c1-9(2)5-12-8-14(18)20-15(19-12)6-10-3-4-11(17)7-13(10)16/h3-4,7-9H,5-6H2,1-2H3,(H2,18,19,20). The van der Waals surface area contributed by atoms with Gasteiger partial charge in [0.05, 0.1) is 0 Å². The summed E-state index contributed by atoms with van der Waals surface area (Å²) in [5.41, 5.74) is 7.51. The minimum absolute atomic E-state index is 0.354. The molecule has 2 N–H and O–H groups in total. The van der Waals surface area contributed by atoms with Gasteiger partial charge in [-0.15, -0.1) is 0 Å². The highest BCUT2D eigenvalue weighted by molar-refractivity contribution is 6.31. The Labute approximate surface area is 123 Å². The van der Waals surface area contributed by atoms with E-state index >= 15 is 0 Å². The third kappa shape index (κ3) is 3.90. The van der Waals surface area contributed by atoms with Gasteiger partial charge in [-0.3, -0.25) is 0 Å². The quantitative estimate of drug-likeness (QED) is 0.936. The number of nitrogens with zero attached hydrogens (tertiary/aromatic N) is 2. The predicted molar refractivity (Wildman–Crippen MR) is 79.2 cm³/mol. The summed E-state index contributed by atoms with van der Waals surface area (Å²) in [7, 11) is 0. The van der Waals surface area contributed by atoms with Gasteiger partial charge in [-0.2, -0.15) is 0 Å². The van der Waals surface area contributed by atoms with Crippen LogP contribution in [0.25, 0.3) is 0 Å². The summed E-state index contributed by atoms with van der Waals surface area (Å²) in [6.07, 6.45) is 1.28. The molecule has 5 heteroatoms. The summed E-state index contributed by atoms with van der Waals surface area (Å²) in [5.74, 6) is 1.19. The highest BCUT2D eigenvalue weighted by Crippen LogP contribution is 2.20. The first-order valence-electron chi connectivity index (χ1n) is 6.50. The zero-order valence-corrected chi connectivity index (χ0v) is 12.3. The van der Waals surface area contributed by atoms with Gasteiger partial charge in [0, 0.05) is 23.2 Å². The van der Waals surface area contributed by atoms with Crippen LogP contribution in [0.15, 0.2) is 24.3 Å². The third-order valence-electron chi connectivity index (χ3n) is 2.83. The summed E-state index contributed by atoms with van der Waals surface area (Å²) < 4.78 is 13.0. The Balaban J connectivity index is 2.26. The third-order valence-corrected chi connectivity index (χ3v) is 3.18. The van der Waals surface area contributed by atoms with Crippen molar-refractivity contribution in [3.8, 4) is 0 Å². The van der Waals surface area contributed by atoms with E-state index in [0.29, 0.717) is 29.0 Å². The summed E-state index contributed by atoms with van der Waals surface area (Å²) in [4.78, 5) is 8.70. The lowest BCUT2D eigenvalue weighted by molar-refractivity contribution is 0.626. The molecule has 0 amide bonds. The van der Waals surface area contributed by atoms with Gasteiger partial charge in [-0.1, -0.05) is 31.5 Å². The van der Waals surface area contributed by atoms with Crippen molar-refractivity contribution < 1.29 is 4.39 Å². The van der Waals surface area contributed by atoms with Crippen LogP contribution in [0.1, 0.15) is 30.9 Å². The number of aromatic nitrogens is 2. The molecule has 0 aliphatic carbocycles. The lowest BCUT2D eigenvalue weighted by Crippen LogP contribution is -2.06. The number of benzene rings is 1. The van der Waals surface area contributed by atoms with E-state index in [2.05, 4.69) is 23.8 Å². The van der Waals surface area contributed by atoms with Crippen molar-refractivity contribution in [2.24, 2.45) is 5.92 Å². The summed E-state index contributed by atoms with van der Waals surface area (Å²) in [5, 5.41) is 0.376. The van der Waals surface area contributed by atoms with Gasteiger partial charge in [0.1, 0.15) is 17.5 Å². The van der Waals surface area contributed by atoms with Crippen molar-refractivity contribution in [2.75, 3.05) is 5.73 Å². The fourth-order valence-corrected chi connectivity index (χ4v) is 2.25. The molecule has 1 aromatic heterocycles. The number of halogens is 2. The van der Waals surface area contributed by atoms with Crippen molar-refractivity contribution >= 4 is 17.4 Å². The van der Waals surface area contributed by atoms with Gasteiger partial charge >= 0.3 is 0 Å². The number of anilines is 1. The highest BCUT2D eigenvalue weighted by Gasteiger charge is 2.09. The maximum atomic E-state index is 13.0. The molecular formula is C15H17ClFN3. The first-order valence-corrected chi connectivity index (χ1v) is 6.88. The molecular weight excluding hydrogens is 277 g/mol. The molecule has 2 rings (SSSR count). The molecule has 0 radical (unpaired) electrons. The van der Waals surface area contributed by atoms with Crippen LogP contribution in [0.2, 0.25) is 5.02 Å². The molecule has 0 saturated heterocycles. The average molecular weight is 294 g/mol. The normalized spacial score (nSPS) is 11.1. The molecule has 1 aromatic carbocycles. The van der Waals surface area contributed by atoms with Crippen LogP contribution in [0.3, 0.4) is 0 Å². The molecule has 0 unspecified atom stereocenters. The number of nitrogen functional groups attached to an aromatic ring is 1. The molecule has 2 aromatic rings. The minimum atomic E-state index is -0.354. The Morgan fingerprint density at radius 3 is 2.65 bits per heavy atom. The van der Waals surface area contributed by atoms with Gasteiger partial charge in [-0.25, -0.2) is 14.4 Å². The lowest BCUT2D eigenvalue weighted by atomic mass is 10.1. The Morgan fingerprint density at radius 2 is 2.00 bits per heavy atom. The van der Waals surface area contributed by atoms with E-state index in [1.165, 1.54) is 12.1 Å². The van der Waals surface area contributed by atoms with Crippen LogP contribution in [0.4, 0.5) is 10.2 Å². The van der Waals surface area contributed by atoms with Gasteiger partial charge in [0.25, 0.3) is 0 Å². The molecule has 0 atom stereocenters. The van der Waals surface area contributed by atoms with Crippen molar-refractivity contribution in [2.45, 2.75) is 26.7 Å². The largest absolute Gasteiger partial charge is 0.384 e. The highest BCUT2D eigenvalue weighted by atomic mass is 35.5. The molecule has 1 heterocycles. The maximum absolute atomic E-state index is 13.0. The van der Waals surface area contributed by atoms with Crippen molar-refractivity contribution in [3.63, 3.8) is 0 Å². The van der Waals surface area contributed by atoms with Gasteiger partial charge in [0.2, 0.25) is 0 Å².